The SMILES string of the molecule is Clc1cccc([C@H]2CC(Br)=NO2)c1. The third kappa shape index (κ3) is 2.03. The first-order valence-electron chi connectivity index (χ1n) is 3.89. The van der Waals surface area contributed by atoms with Gasteiger partial charge in [0.2, 0.25) is 0 Å². The highest BCUT2D eigenvalue weighted by atomic mass is 79.9. The molecule has 1 aromatic carbocycles. The maximum absolute atomic E-state index is 5.85. The van der Waals surface area contributed by atoms with Crippen LogP contribution in [0.15, 0.2) is 29.4 Å². The Balaban J connectivity index is 2.18. The number of benzene rings is 1. The zero-order chi connectivity index (χ0) is 9.26. The summed E-state index contributed by atoms with van der Waals surface area (Å²) in [6.45, 7) is 0. The lowest BCUT2D eigenvalue weighted by atomic mass is 10.1. The molecule has 0 fully saturated rings. The fourth-order valence-corrected chi connectivity index (χ4v) is 1.81. The first-order valence-corrected chi connectivity index (χ1v) is 5.06. The average Bonchev–Trinajstić information content (AvgIpc) is 2.52. The van der Waals surface area contributed by atoms with Crippen LogP contribution >= 0.6 is 27.5 Å². The van der Waals surface area contributed by atoms with Crippen LogP contribution < -0.4 is 0 Å². The Labute approximate surface area is 89.7 Å². The molecule has 0 bridgehead atoms. The van der Waals surface area contributed by atoms with Crippen molar-refractivity contribution in [3.8, 4) is 0 Å². The Bertz CT molecular complexity index is 353. The van der Waals surface area contributed by atoms with Crippen molar-refractivity contribution in [3.05, 3.63) is 34.9 Å². The predicted octanol–water partition coefficient (Wildman–Crippen LogP) is 3.51. The lowest BCUT2D eigenvalue weighted by Crippen LogP contribution is -1.96. The van der Waals surface area contributed by atoms with Gasteiger partial charge in [0.25, 0.3) is 0 Å². The summed E-state index contributed by atoms with van der Waals surface area (Å²) in [6, 6.07) is 7.63. The van der Waals surface area contributed by atoms with E-state index in [4.69, 9.17) is 16.4 Å². The van der Waals surface area contributed by atoms with Gasteiger partial charge in [-0.05, 0) is 33.6 Å². The fourth-order valence-electron chi connectivity index (χ4n) is 1.23. The molecule has 1 aliphatic rings. The van der Waals surface area contributed by atoms with E-state index in [2.05, 4.69) is 21.1 Å². The van der Waals surface area contributed by atoms with Crippen LogP contribution in [-0.4, -0.2) is 4.62 Å². The van der Waals surface area contributed by atoms with Crippen molar-refractivity contribution in [1.29, 1.82) is 0 Å². The minimum Gasteiger partial charge on any atom is -0.386 e. The molecule has 0 saturated heterocycles. The van der Waals surface area contributed by atoms with Crippen molar-refractivity contribution in [2.24, 2.45) is 5.16 Å². The number of halogens is 2. The molecule has 13 heavy (non-hydrogen) atoms. The summed E-state index contributed by atoms with van der Waals surface area (Å²) in [4.78, 5) is 5.19. The highest BCUT2D eigenvalue weighted by Crippen LogP contribution is 2.29. The molecule has 4 heteroatoms. The monoisotopic (exact) mass is 259 g/mol. The van der Waals surface area contributed by atoms with Gasteiger partial charge in [0.15, 0.2) is 6.10 Å². The van der Waals surface area contributed by atoms with E-state index in [1.54, 1.807) is 0 Å². The van der Waals surface area contributed by atoms with Crippen LogP contribution in [0.5, 0.6) is 0 Å². The van der Waals surface area contributed by atoms with Crippen LogP contribution in [0.1, 0.15) is 18.1 Å². The molecule has 0 aliphatic carbocycles. The van der Waals surface area contributed by atoms with Crippen molar-refractivity contribution < 1.29 is 4.84 Å². The van der Waals surface area contributed by atoms with Gasteiger partial charge in [-0.1, -0.05) is 28.9 Å². The normalized spacial score (nSPS) is 21.1. The fraction of sp³-hybridized carbons (Fsp3) is 0.222. The maximum atomic E-state index is 5.85. The van der Waals surface area contributed by atoms with Crippen LogP contribution in [0.4, 0.5) is 0 Å². The summed E-state index contributed by atoms with van der Waals surface area (Å²) in [5.41, 5.74) is 1.06. The zero-order valence-corrected chi connectivity index (χ0v) is 9.05. The first kappa shape index (κ1) is 9.03. The van der Waals surface area contributed by atoms with E-state index < -0.39 is 0 Å². The molecule has 0 amide bonds. The van der Waals surface area contributed by atoms with Crippen molar-refractivity contribution in [2.75, 3.05) is 0 Å². The molecule has 1 aromatic rings. The van der Waals surface area contributed by atoms with Gasteiger partial charge in [0, 0.05) is 11.4 Å². The topological polar surface area (TPSA) is 21.6 Å². The number of hydrogen-bond acceptors (Lipinski definition) is 2. The summed E-state index contributed by atoms with van der Waals surface area (Å²) < 4.78 is 0.845. The number of rotatable bonds is 1. The van der Waals surface area contributed by atoms with Gasteiger partial charge >= 0.3 is 0 Å². The molecular formula is C9H7BrClNO. The van der Waals surface area contributed by atoms with Gasteiger partial charge in [-0.3, -0.25) is 0 Å². The summed E-state index contributed by atoms with van der Waals surface area (Å²) in [5, 5.41) is 4.54. The van der Waals surface area contributed by atoms with Gasteiger partial charge < -0.3 is 4.84 Å². The lowest BCUT2D eigenvalue weighted by molar-refractivity contribution is 0.0858. The molecular weight excluding hydrogens is 253 g/mol. The Kier molecular flexibility index (Phi) is 2.56. The summed E-state index contributed by atoms with van der Waals surface area (Å²) >= 11 is 9.14. The summed E-state index contributed by atoms with van der Waals surface area (Å²) in [6.07, 6.45) is 0.786. The standard InChI is InChI=1S/C9H7BrClNO/c10-9-5-8(13-12-9)6-2-1-3-7(11)4-6/h1-4,8H,5H2/t8-/m1/s1. The van der Waals surface area contributed by atoms with Gasteiger partial charge in [0.1, 0.15) is 4.62 Å². The quantitative estimate of drug-likeness (QED) is 0.757. The molecule has 1 aliphatic heterocycles. The Morgan fingerprint density at radius 3 is 3.00 bits per heavy atom. The molecule has 2 nitrogen and oxygen atoms in total. The molecule has 2 rings (SSSR count). The van der Waals surface area contributed by atoms with Crippen LogP contribution in [-0.2, 0) is 4.84 Å². The molecule has 0 aromatic heterocycles. The van der Waals surface area contributed by atoms with E-state index in [1.165, 1.54) is 0 Å². The van der Waals surface area contributed by atoms with E-state index in [-0.39, 0.29) is 6.10 Å². The summed E-state index contributed by atoms with van der Waals surface area (Å²) in [5.74, 6) is 0. The van der Waals surface area contributed by atoms with Crippen LogP contribution in [0.2, 0.25) is 5.02 Å². The van der Waals surface area contributed by atoms with Crippen molar-refractivity contribution in [3.63, 3.8) is 0 Å². The number of oxime groups is 1. The highest BCUT2D eigenvalue weighted by Gasteiger charge is 2.20. The van der Waals surface area contributed by atoms with E-state index in [0.29, 0.717) is 0 Å². The third-order valence-electron chi connectivity index (χ3n) is 1.85. The zero-order valence-electron chi connectivity index (χ0n) is 6.71. The molecule has 0 N–H and O–H groups in total. The first-order chi connectivity index (χ1) is 6.25. The van der Waals surface area contributed by atoms with Crippen molar-refractivity contribution in [2.45, 2.75) is 12.5 Å². The average molecular weight is 261 g/mol. The van der Waals surface area contributed by atoms with Crippen LogP contribution in [0.25, 0.3) is 0 Å². The third-order valence-corrected chi connectivity index (χ3v) is 2.56. The lowest BCUT2D eigenvalue weighted by Gasteiger charge is -2.07. The Morgan fingerprint density at radius 1 is 1.54 bits per heavy atom. The predicted molar refractivity (Wildman–Crippen MR) is 56.3 cm³/mol. The van der Waals surface area contributed by atoms with Gasteiger partial charge in [-0.25, -0.2) is 0 Å². The highest BCUT2D eigenvalue weighted by molar-refractivity contribution is 9.18. The van der Waals surface area contributed by atoms with E-state index in [1.807, 2.05) is 24.3 Å². The second kappa shape index (κ2) is 3.68. The number of hydrogen-bond donors (Lipinski definition) is 0. The van der Waals surface area contributed by atoms with E-state index >= 15 is 0 Å². The molecule has 0 saturated carbocycles. The van der Waals surface area contributed by atoms with Crippen LogP contribution in [0, 0.1) is 0 Å². The van der Waals surface area contributed by atoms with Gasteiger partial charge in [0.05, 0.1) is 0 Å². The Morgan fingerprint density at radius 2 is 2.38 bits per heavy atom. The van der Waals surface area contributed by atoms with Crippen LogP contribution in [0.3, 0.4) is 0 Å². The van der Waals surface area contributed by atoms with E-state index in [9.17, 15) is 0 Å². The largest absolute Gasteiger partial charge is 0.386 e. The maximum Gasteiger partial charge on any atom is 0.158 e. The second-order valence-electron chi connectivity index (χ2n) is 2.82. The molecule has 0 unspecified atom stereocenters. The van der Waals surface area contributed by atoms with Crippen molar-refractivity contribution >= 4 is 32.2 Å². The molecule has 0 spiro atoms. The summed E-state index contributed by atoms with van der Waals surface area (Å²) in [7, 11) is 0. The molecule has 0 radical (unpaired) electrons. The Hall–Kier alpha value is -0.540. The van der Waals surface area contributed by atoms with Gasteiger partial charge in [-0.2, -0.15) is 0 Å². The minimum atomic E-state index is 0.00748. The molecule has 1 atom stereocenters. The number of nitrogens with zero attached hydrogens (tertiary/aromatic N) is 1. The molecule has 68 valence electrons. The second-order valence-corrected chi connectivity index (χ2v) is 4.17. The minimum absolute atomic E-state index is 0.00748. The smallest absolute Gasteiger partial charge is 0.158 e. The molecule has 1 heterocycles. The van der Waals surface area contributed by atoms with Crippen molar-refractivity contribution in [1.82, 2.24) is 0 Å². The van der Waals surface area contributed by atoms with E-state index in [0.717, 1.165) is 21.6 Å². The van der Waals surface area contributed by atoms with Gasteiger partial charge in [-0.15, -0.1) is 0 Å².